The number of benzene rings is 4. The summed E-state index contributed by atoms with van der Waals surface area (Å²) in [5.41, 5.74) is 7.83. The quantitative estimate of drug-likeness (QED) is 0.0996. The summed E-state index contributed by atoms with van der Waals surface area (Å²) in [5, 5.41) is 0. The molecule has 0 unspecified atom stereocenters. The molecule has 0 saturated carbocycles. The number of carbonyl (C=O) groups excluding carboxylic acids is 3. The van der Waals surface area contributed by atoms with E-state index in [0.717, 1.165) is 83.5 Å². The standard InChI is InChI=1S/C25H26FN3O2.C13H16FNO.C12H12N2O2/c1-17-15-28(16-27-17)23-11-6-19(14-24(23)31-3)13-21-5-4-12-29(25(21)30)18(2)20-7-9-22(26)10-8-20;1-10(11-5-7-12(14)8-6-11)15-9-3-2-4-13(15)16;1-9-6-14(8-13-9)11-4-3-10(7-15)5-12(11)16-2/h6-11,13-16,18H,4-5,12H2,1-3H3;5-8,10H,2-4,9H2,1H3;3-8H,1-2H3/b21-13+;;/t18-;10-;/m00./s1. The molecule has 2 amide bonds. The lowest BCUT2D eigenvalue weighted by atomic mass is 9.97. The Morgan fingerprint density at radius 1 is 0.635 bits per heavy atom. The van der Waals surface area contributed by atoms with Crippen LogP contribution in [0.3, 0.4) is 0 Å². The average molecular weight is 857 g/mol. The van der Waals surface area contributed by atoms with Gasteiger partial charge in [-0.15, -0.1) is 0 Å². The van der Waals surface area contributed by atoms with Crippen LogP contribution in [0.5, 0.6) is 11.5 Å². The van der Waals surface area contributed by atoms with Gasteiger partial charge < -0.3 is 28.4 Å². The second-order valence-electron chi connectivity index (χ2n) is 15.6. The van der Waals surface area contributed by atoms with Gasteiger partial charge in [0.15, 0.2) is 0 Å². The number of hydrogen-bond donors (Lipinski definition) is 0. The Morgan fingerprint density at radius 3 is 1.60 bits per heavy atom. The number of halogens is 2. The summed E-state index contributed by atoms with van der Waals surface area (Å²) in [6.07, 6.45) is 14.4. The number of piperidine rings is 2. The van der Waals surface area contributed by atoms with Crippen molar-refractivity contribution < 1.29 is 32.6 Å². The predicted octanol–water partition coefficient (Wildman–Crippen LogP) is 10.00. The molecule has 2 saturated heterocycles. The zero-order valence-electron chi connectivity index (χ0n) is 36.6. The minimum atomic E-state index is -0.273. The van der Waals surface area contributed by atoms with Gasteiger partial charge in [-0.25, -0.2) is 18.7 Å². The van der Waals surface area contributed by atoms with Gasteiger partial charge in [-0.3, -0.25) is 14.4 Å². The predicted molar refractivity (Wildman–Crippen MR) is 239 cm³/mol. The third-order valence-electron chi connectivity index (χ3n) is 11.2. The van der Waals surface area contributed by atoms with Crippen LogP contribution in [0.15, 0.2) is 116 Å². The van der Waals surface area contributed by atoms with E-state index in [1.165, 1.54) is 24.3 Å². The molecule has 63 heavy (non-hydrogen) atoms. The molecule has 8 rings (SSSR count). The van der Waals surface area contributed by atoms with Crippen molar-refractivity contribution in [3.63, 3.8) is 0 Å². The molecule has 4 aromatic carbocycles. The molecule has 6 aromatic rings. The van der Waals surface area contributed by atoms with Gasteiger partial charge in [0.25, 0.3) is 0 Å². The highest BCUT2D eigenvalue weighted by Crippen LogP contribution is 2.31. The third-order valence-corrected chi connectivity index (χ3v) is 11.2. The number of aldehydes is 1. The second kappa shape index (κ2) is 21.3. The molecule has 328 valence electrons. The number of likely N-dealkylation sites (tertiary alicyclic amines) is 2. The fourth-order valence-corrected chi connectivity index (χ4v) is 7.70. The van der Waals surface area contributed by atoms with Crippen molar-refractivity contribution in [3.8, 4) is 22.9 Å². The van der Waals surface area contributed by atoms with Crippen molar-refractivity contribution >= 4 is 24.2 Å². The zero-order valence-corrected chi connectivity index (χ0v) is 36.6. The lowest BCUT2D eigenvalue weighted by molar-refractivity contribution is -0.135. The zero-order chi connectivity index (χ0) is 45.0. The topological polar surface area (TPSA) is 112 Å². The van der Waals surface area contributed by atoms with Crippen LogP contribution < -0.4 is 9.47 Å². The van der Waals surface area contributed by atoms with Gasteiger partial charge in [-0.05, 0) is 131 Å². The highest BCUT2D eigenvalue weighted by atomic mass is 19.1. The van der Waals surface area contributed by atoms with E-state index in [1.54, 1.807) is 63.3 Å². The van der Waals surface area contributed by atoms with Crippen LogP contribution in [-0.4, -0.2) is 74.3 Å². The maximum Gasteiger partial charge on any atom is 0.250 e. The summed E-state index contributed by atoms with van der Waals surface area (Å²) in [5.74, 6) is 1.10. The fourth-order valence-electron chi connectivity index (χ4n) is 7.70. The Bertz CT molecular complexity index is 2530. The summed E-state index contributed by atoms with van der Waals surface area (Å²) in [6, 6.07) is 23.9. The van der Waals surface area contributed by atoms with Crippen molar-refractivity contribution in [2.45, 2.75) is 71.9 Å². The molecule has 4 heterocycles. The molecule has 0 aliphatic carbocycles. The van der Waals surface area contributed by atoms with Crippen LogP contribution in [-0.2, 0) is 9.59 Å². The van der Waals surface area contributed by atoms with E-state index < -0.39 is 0 Å². The smallest absolute Gasteiger partial charge is 0.250 e. The number of nitrogens with zero attached hydrogens (tertiary/aromatic N) is 6. The summed E-state index contributed by atoms with van der Waals surface area (Å²) < 4.78 is 40.7. The molecule has 2 atom stereocenters. The maximum atomic E-state index is 13.3. The van der Waals surface area contributed by atoms with Crippen molar-refractivity contribution in [1.82, 2.24) is 28.9 Å². The molecular weight excluding hydrogens is 803 g/mol. The summed E-state index contributed by atoms with van der Waals surface area (Å²) in [7, 11) is 3.22. The van der Waals surface area contributed by atoms with Gasteiger partial charge in [-0.1, -0.05) is 30.3 Å². The molecule has 2 aromatic heterocycles. The van der Waals surface area contributed by atoms with Gasteiger partial charge in [-0.2, -0.15) is 0 Å². The van der Waals surface area contributed by atoms with E-state index in [9.17, 15) is 23.2 Å². The normalized spacial score (nSPS) is 15.5. The van der Waals surface area contributed by atoms with Crippen molar-refractivity contribution in [3.05, 3.63) is 161 Å². The Hall–Kier alpha value is -6.89. The largest absolute Gasteiger partial charge is 0.495 e. The van der Waals surface area contributed by atoms with Gasteiger partial charge in [0.1, 0.15) is 29.4 Å². The lowest BCUT2D eigenvalue weighted by Crippen LogP contribution is -2.38. The number of methoxy groups -OCH3 is 2. The highest BCUT2D eigenvalue weighted by molar-refractivity contribution is 5.98. The van der Waals surface area contributed by atoms with Crippen LogP contribution in [0.4, 0.5) is 8.78 Å². The molecule has 0 spiro atoms. The van der Waals surface area contributed by atoms with Crippen molar-refractivity contribution in [2.24, 2.45) is 0 Å². The average Bonchev–Trinajstić information content (AvgIpc) is 3.95. The number of rotatable bonds is 10. The number of aromatic nitrogens is 4. The van der Waals surface area contributed by atoms with Crippen LogP contribution in [0.2, 0.25) is 0 Å². The number of ether oxygens (including phenoxy) is 2. The summed E-state index contributed by atoms with van der Waals surface area (Å²) in [6.45, 7) is 9.35. The molecule has 0 radical (unpaired) electrons. The molecular formula is C50H54F2N6O5. The Balaban J connectivity index is 0.000000173. The first-order chi connectivity index (χ1) is 30.4. The molecule has 11 nitrogen and oxygen atoms in total. The monoisotopic (exact) mass is 856 g/mol. The second-order valence-corrected chi connectivity index (χ2v) is 15.6. The molecule has 2 aliphatic heterocycles. The van der Waals surface area contributed by atoms with E-state index in [4.69, 9.17) is 9.47 Å². The first-order valence-corrected chi connectivity index (χ1v) is 21.0. The van der Waals surface area contributed by atoms with Crippen LogP contribution in [0.1, 0.15) is 96.5 Å². The molecule has 13 heteroatoms. The minimum absolute atomic E-state index is 0.0244. The molecule has 2 aliphatic rings. The van der Waals surface area contributed by atoms with Gasteiger partial charge in [0.05, 0.1) is 61.7 Å². The number of hydrogen-bond acceptors (Lipinski definition) is 7. The van der Waals surface area contributed by atoms with Crippen molar-refractivity contribution in [2.75, 3.05) is 27.3 Å². The fraction of sp³-hybridized carbons (Fsp3) is 0.300. The van der Waals surface area contributed by atoms with Crippen LogP contribution in [0.25, 0.3) is 17.5 Å². The van der Waals surface area contributed by atoms with E-state index >= 15 is 0 Å². The Kier molecular flexibility index (Phi) is 15.4. The first-order valence-electron chi connectivity index (χ1n) is 21.0. The Morgan fingerprint density at radius 2 is 1.13 bits per heavy atom. The van der Waals surface area contributed by atoms with Gasteiger partial charge >= 0.3 is 0 Å². The molecule has 2 fully saturated rings. The maximum absolute atomic E-state index is 13.3. The molecule has 0 bridgehead atoms. The van der Waals surface area contributed by atoms with E-state index in [0.29, 0.717) is 30.0 Å². The first kappa shape index (κ1) is 45.6. The van der Waals surface area contributed by atoms with Gasteiger partial charge in [0.2, 0.25) is 11.8 Å². The number of amides is 2. The summed E-state index contributed by atoms with van der Waals surface area (Å²) in [4.78, 5) is 47.7. The summed E-state index contributed by atoms with van der Waals surface area (Å²) >= 11 is 0. The third kappa shape index (κ3) is 11.5. The number of aryl methyl sites for hydroxylation is 2. The minimum Gasteiger partial charge on any atom is -0.495 e. The number of carbonyl (C=O) groups is 3. The van der Waals surface area contributed by atoms with Crippen LogP contribution >= 0.6 is 0 Å². The van der Waals surface area contributed by atoms with Gasteiger partial charge in [0, 0.05) is 43.0 Å². The highest BCUT2D eigenvalue weighted by Gasteiger charge is 2.28. The Labute approximate surface area is 367 Å². The SMILES string of the molecule is COc1cc(/C=C2\CCCN([C@@H](C)c3ccc(F)cc3)C2=O)ccc1-n1cnc(C)c1.COc1cc(C=O)ccc1-n1cnc(C)c1.C[C@@H](c1ccc(F)cc1)N1CCCCC1=O. The van der Waals surface area contributed by atoms with E-state index in [2.05, 4.69) is 9.97 Å². The lowest BCUT2D eigenvalue weighted by Gasteiger charge is -2.34. The van der Waals surface area contributed by atoms with Crippen LogP contribution in [0, 0.1) is 25.5 Å². The van der Waals surface area contributed by atoms with E-state index in [1.807, 2.05) is 89.4 Å². The van der Waals surface area contributed by atoms with E-state index in [-0.39, 0.29) is 35.5 Å². The van der Waals surface area contributed by atoms with Crippen molar-refractivity contribution in [1.29, 1.82) is 0 Å². The molecule has 0 N–H and O–H groups in total. The number of imidazole rings is 2.